The molecule has 31 heavy (non-hydrogen) atoms. The maximum absolute atomic E-state index is 13.2. The second-order valence-corrected chi connectivity index (χ2v) is 9.17. The fourth-order valence-corrected chi connectivity index (χ4v) is 5.38. The maximum Gasteiger partial charge on any atom is 0.264 e. The molecular formula is C25H27N3O2S. The lowest BCUT2D eigenvalue weighted by Gasteiger charge is -2.37. The third-order valence-electron chi connectivity index (χ3n) is 6.28. The number of carbonyl (C=O) groups excluding carboxylic acids is 1. The Balaban J connectivity index is 1.27. The van der Waals surface area contributed by atoms with Gasteiger partial charge in [0, 0.05) is 31.9 Å². The molecule has 0 unspecified atom stereocenters. The Kier molecular flexibility index (Phi) is 5.32. The lowest BCUT2D eigenvalue weighted by Crippen LogP contribution is -2.48. The summed E-state index contributed by atoms with van der Waals surface area (Å²) in [5.41, 5.74) is 5.00. The Hall–Kier alpha value is -2.99. The van der Waals surface area contributed by atoms with Crippen molar-refractivity contribution in [2.24, 2.45) is 0 Å². The zero-order valence-corrected chi connectivity index (χ0v) is 18.8. The summed E-state index contributed by atoms with van der Waals surface area (Å²) in [7, 11) is 0. The number of anilines is 3. The van der Waals surface area contributed by atoms with Crippen LogP contribution in [-0.2, 0) is 0 Å². The van der Waals surface area contributed by atoms with Crippen molar-refractivity contribution in [2.75, 3.05) is 49.1 Å². The molecule has 2 aliphatic heterocycles. The van der Waals surface area contributed by atoms with Gasteiger partial charge in [-0.2, -0.15) is 0 Å². The number of nitrogens with zero attached hydrogens (tertiary/aromatic N) is 3. The highest BCUT2D eigenvalue weighted by Crippen LogP contribution is 2.39. The number of piperazine rings is 1. The summed E-state index contributed by atoms with van der Waals surface area (Å²) in [6.07, 6.45) is 0. The largest absolute Gasteiger partial charge is 0.490 e. The molecule has 0 aliphatic carbocycles. The molecule has 2 aromatic carbocycles. The first kappa shape index (κ1) is 19.9. The van der Waals surface area contributed by atoms with Crippen molar-refractivity contribution in [1.29, 1.82) is 0 Å². The second-order valence-electron chi connectivity index (χ2n) is 8.10. The average Bonchev–Trinajstić information content (AvgIpc) is 3.30. The van der Waals surface area contributed by atoms with Crippen LogP contribution in [0.15, 0.2) is 54.6 Å². The number of fused-ring (bicyclic) bond motifs is 1. The molecule has 5 rings (SSSR count). The maximum atomic E-state index is 13.2. The molecule has 1 saturated heterocycles. The fourth-order valence-electron chi connectivity index (χ4n) is 4.37. The minimum Gasteiger partial charge on any atom is -0.490 e. The summed E-state index contributed by atoms with van der Waals surface area (Å²) >= 11 is 1.57. The zero-order chi connectivity index (χ0) is 21.4. The molecule has 1 amide bonds. The summed E-state index contributed by atoms with van der Waals surface area (Å²) in [6.45, 7) is 9.01. The molecule has 2 aliphatic rings. The molecule has 0 radical (unpaired) electrons. The van der Waals surface area contributed by atoms with Gasteiger partial charge in [-0.1, -0.05) is 24.3 Å². The van der Waals surface area contributed by atoms with E-state index in [1.54, 1.807) is 11.3 Å². The van der Waals surface area contributed by atoms with Gasteiger partial charge in [-0.05, 0) is 55.3 Å². The minimum atomic E-state index is 0.137. The van der Waals surface area contributed by atoms with Crippen LogP contribution in [0.5, 0.6) is 5.75 Å². The molecule has 1 fully saturated rings. The molecule has 160 valence electrons. The quantitative estimate of drug-likeness (QED) is 0.591. The molecule has 3 heterocycles. The molecule has 6 heteroatoms. The van der Waals surface area contributed by atoms with Crippen LogP contribution in [0.2, 0.25) is 0 Å². The Morgan fingerprint density at radius 3 is 2.48 bits per heavy atom. The number of amides is 1. The Morgan fingerprint density at radius 2 is 1.65 bits per heavy atom. The number of carbonyl (C=O) groups is 1. The van der Waals surface area contributed by atoms with Gasteiger partial charge in [-0.25, -0.2) is 0 Å². The molecule has 5 nitrogen and oxygen atoms in total. The second kappa shape index (κ2) is 8.27. The first-order valence-electron chi connectivity index (χ1n) is 10.8. The van der Waals surface area contributed by atoms with Crippen LogP contribution in [0.1, 0.15) is 20.8 Å². The van der Waals surface area contributed by atoms with Crippen LogP contribution < -0.4 is 14.5 Å². The predicted molar refractivity (Wildman–Crippen MR) is 127 cm³/mol. The Labute approximate surface area is 187 Å². The monoisotopic (exact) mass is 433 g/mol. The summed E-state index contributed by atoms with van der Waals surface area (Å²) in [4.78, 5) is 20.6. The van der Waals surface area contributed by atoms with Crippen LogP contribution in [0.25, 0.3) is 0 Å². The topological polar surface area (TPSA) is 36.0 Å². The third-order valence-corrected chi connectivity index (χ3v) is 7.38. The van der Waals surface area contributed by atoms with Crippen LogP contribution in [0, 0.1) is 13.8 Å². The Bertz CT molecular complexity index is 1100. The normalized spacial score (nSPS) is 16.1. The lowest BCUT2D eigenvalue weighted by atomic mass is 10.1. The van der Waals surface area contributed by atoms with Crippen molar-refractivity contribution in [3.8, 4) is 5.75 Å². The molecule has 0 atom stereocenters. The van der Waals surface area contributed by atoms with E-state index in [-0.39, 0.29) is 5.91 Å². The van der Waals surface area contributed by atoms with E-state index in [4.69, 9.17) is 4.74 Å². The number of hydrogen-bond donors (Lipinski definition) is 0. The third kappa shape index (κ3) is 3.76. The molecule has 0 N–H and O–H groups in total. The number of para-hydroxylation sites is 2. The summed E-state index contributed by atoms with van der Waals surface area (Å²) in [5, 5.41) is 1.09. The molecule has 0 saturated carbocycles. The predicted octanol–water partition coefficient (Wildman–Crippen LogP) is 4.86. The number of benzene rings is 2. The average molecular weight is 434 g/mol. The SMILES string of the molecule is Cc1cccc(N2CCN(C(=O)c3ccc(N4CCOc5ccccc54)s3)CC2)c1C. The van der Waals surface area contributed by atoms with Crippen LogP contribution in [0.4, 0.5) is 16.4 Å². The Morgan fingerprint density at radius 1 is 0.871 bits per heavy atom. The van der Waals surface area contributed by atoms with Crippen molar-refractivity contribution < 1.29 is 9.53 Å². The molecule has 0 bridgehead atoms. The number of aryl methyl sites for hydroxylation is 1. The highest BCUT2D eigenvalue weighted by Gasteiger charge is 2.26. The van der Waals surface area contributed by atoms with E-state index in [0.29, 0.717) is 6.61 Å². The van der Waals surface area contributed by atoms with Crippen molar-refractivity contribution in [1.82, 2.24) is 4.90 Å². The minimum absolute atomic E-state index is 0.137. The van der Waals surface area contributed by atoms with E-state index in [1.165, 1.54) is 16.8 Å². The number of thiophene rings is 1. The highest BCUT2D eigenvalue weighted by atomic mass is 32.1. The first-order chi connectivity index (χ1) is 15.1. The van der Waals surface area contributed by atoms with E-state index < -0.39 is 0 Å². The number of rotatable bonds is 3. The first-order valence-corrected chi connectivity index (χ1v) is 11.6. The molecule has 0 spiro atoms. The van der Waals surface area contributed by atoms with Crippen molar-refractivity contribution in [3.63, 3.8) is 0 Å². The number of ether oxygens (including phenoxy) is 1. The highest BCUT2D eigenvalue weighted by molar-refractivity contribution is 7.18. The van der Waals surface area contributed by atoms with Gasteiger partial charge in [-0.15, -0.1) is 11.3 Å². The van der Waals surface area contributed by atoms with Crippen molar-refractivity contribution >= 4 is 33.6 Å². The smallest absolute Gasteiger partial charge is 0.264 e. The van der Waals surface area contributed by atoms with Crippen LogP contribution in [0.3, 0.4) is 0 Å². The van der Waals surface area contributed by atoms with Crippen LogP contribution in [-0.4, -0.2) is 50.1 Å². The van der Waals surface area contributed by atoms with E-state index in [0.717, 1.165) is 54.0 Å². The van der Waals surface area contributed by atoms with Gasteiger partial charge in [0.15, 0.2) is 0 Å². The molecule has 3 aromatic rings. The molecule has 1 aromatic heterocycles. The van der Waals surface area contributed by atoms with Gasteiger partial charge < -0.3 is 19.4 Å². The standard InChI is InChI=1S/C25H27N3O2S/c1-18-6-5-8-20(19(18)2)26-12-14-27(15-13-26)25(29)23-10-11-24(31-23)28-16-17-30-22-9-4-3-7-21(22)28/h3-11H,12-17H2,1-2H3. The van der Waals surface area contributed by atoms with Gasteiger partial charge in [0.2, 0.25) is 0 Å². The number of hydrogen-bond acceptors (Lipinski definition) is 5. The lowest BCUT2D eigenvalue weighted by molar-refractivity contribution is 0.0751. The van der Waals surface area contributed by atoms with E-state index >= 15 is 0 Å². The summed E-state index contributed by atoms with van der Waals surface area (Å²) in [5.74, 6) is 1.04. The van der Waals surface area contributed by atoms with Gasteiger partial charge >= 0.3 is 0 Å². The van der Waals surface area contributed by atoms with E-state index in [9.17, 15) is 4.79 Å². The van der Waals surface area contributed by atoms with Crippen molar-refractivity contribution in [3.05, 3.63) is 70.6 Å². The van der Waals surface area contributed by atoms with Gasteiger partial charge in [0.05, 0.1) is 22.1 Å². The van der Waals surface area contributed by atoms with Gasteiger partial charge in [0.1, 0.15) is 12.4 Å². The molecular weight excluding hydrogens is 406 g/mol. The van der Waals surface area contributed by atoms with Crippen LogP contribution >= 0.6 is 11.3 Å². The van der Waals surface area contributed by atoms with Gasteiger partial charge in [0.25, 0.3) is 5.91 Å². The van der Waals surface area contributed by atoms with E-state index in [2.05, 4.69) is 54.0 Å². The zero-order valence-electron chi connectivity index (χ0n) is 18.0. The van der Waals surface area contributed by atoms with Crippen molar-refractivity contribution in [2.45, 2.75) is 13.8 Å². The summed E-state index contributed by atoms with van der Waals surface area (Å²) in [6, 6.07) is 18.6. The van der Waals surface area contributed by atoms with E-state index in [1.807, 2.05) is 29.2 Å². The van der Waals surface area contributed by atoms with Gasteiger partial charge in [-0.3, -0.25) is 4.79 Å². The fraction of sp³-hybridized carbons (Fsp3) is 0.320. The summed E-state index contributed by atoms with van der Waals surface area (Å²) < 4.78 is 5.77.